The van der Waals surface area contributed by atoms with Gasteiger partial charge in [-0.1, -0.05) is 42.5 Å². The summed E-state index contributed by atoms with van der Waals surface area (Å²) in [6.45, 7) is -0.699. The summed E-state index contributed by atoms with van der Waals surface area (Å²) < 4.78 is 17.9. The predicted octanol–water partition coefficient (Wildman–Crippen LogP) is 3.61. The van der Waals surface area contributed by atoms with E-state index in [2.05, 4.69) is 4.74 Å². The molecule has 0 amide bonds. The fourth-order valence-corrected chi connectivity index (χ4v) is 1.92. The number of hydrogen-bond donors (Lipinski definition) is 0. The van der Waals surface area contributed by atoms with Crippen molar-refractivity contribution in [3.8, 4) is 11.1 Å². The summed E-state index contributed by atoms with van der Waals surface area (Å²) in [5.41, 5.74) is 2.26. The van der Waals surface area contributed by atoms with Gasteiger partial charge in [0.15, 0.2) is 0 Å². The Morgan fingerprint density at radius 1 is 1.11 bits per heavy atom. The van der Waals surface area contributed by atoms with Crippen LogP contribution in [0, 0.1) is 0 Å². The first-order chi connectivity index (χ1) is 8.77. The highest BCUT2D eigenvalue weighted by Crippen LogP contribution is 2.27. The Labute approximate surface area is 105 Å². The van der Waals surface area contributed by atoms with Crippen LogP contribution in [0.25, 0.3) is 11.1 Å². The van der Waals surface area contributed by atoms with E-state index in [4.69, 9.17) is 0 Å². The maximum atomic E-state index is 13.2. The normalized spacial score (nSPS) is 10.1. The topological polar surface area (TPSA) is 26.3 Å². The van der Waals surface area contributed by atoms with Crippen molar-refractivity contribution >= 4 is 5.97 Å². The van der Waals surface area contributed by atoms with Crippen molar-refractivity contribution in [2.24, 2.45) is 0 Å². The van der Waals surface area contributed by atoms with Gasteiger partial charge in [0.25, 0.3) is 0 Å². The molecule has 0 aliphatic heterocycles. The summed E-state index contributed by atoms with van der Waals surface area (Å²) in [4.78, 5) is 11.6. The van der Waals surface area contributed by atoms with Crippen molar-refractivity contribution in [3.63, 3.8) is 0 Å². The van der Waals surface area contributed by atoms with Crippen molar-refractivity contribution < 1.29 is 13.9 Å². The first-order valence-corrected chi connectivity index (χ1v) is 5.59. The second-order valence-electron chi connectivity index (χ2n) is 3.82. The average molecular weight is 244 g/mol. The third kappa shape index (κ3) is 2.25. The molecule has 18 heavy (non-hydrogen) atoms. The molecule has 2 aromatic rings. The van der Waals surface area contributed by atoms with E-state index in [1.165, 1.54) is 7.11 Å². The maximum absolute atomic E-state index is 13.2. The van der Waals surface area contributed by atoms with Gasteiger partial charge in [-0.25, -0.2) is 9.18 Å². The quantitative estimate of drug-likeness (QED) is 0.771. The molecule has 0 unspecified atom stereocenters. The molecule has 2 aromatic carbocycles. The highest BCUT2D eigenvalue weighted by Gasteiger charge is 2.15. The zero-order chi connectivity index (χ0) is 13.0. The van der Waals surface area contributed by atoms with Gasteiger partial charge in [-0.05, 0) is 17.2 Å². The Morgan fingerprint density at radius 2 is 1.83 bits per heavy atom. The summed E-state index contributed by atoms with van der Waals surface area (Å²) in [6, 6.07) is 14.5. The van der Waals surface area contributed by atoms with Gasteiger partial charge in [-0.15, -0.1) is 0 Å². The minimum atomic E-state index is -0.699. The number of alkyl halides is 1. The van der Waals surface area contributed by atoms with Crippen LogP contribution in [0.5, 0.6) is 0 Å². The van der Waals surface area contributed by atoms with Crippen molar-refractivity contribution in [3.05, 3.63) is 59.7 Å². The largest absolute Gasteiger partial charge is 0.465 e. The summed E-state index contributed by atoms with van der Waals surface area (Å²) in [5.74, 6) is -0.513. The molecule has 0 spiro atoms. The third-order valence-corrected chi connectivity index (χ3v) is 2.80. The summed E-state index contributed by atoms with van der Waals surface area (Å²) in [5, 5.41) is 0. The lowest BCUT2D eigenvalue weighted by Crippen LogP contribution is -2.06. The first-order valence-electron chi connectivity index (χ1n) is 5.59. The van der Waals surface area contributed by atoms with Gasteiger partial charge in [0.05, 0.1) is 12.7 Å². The van der Waals surface area contributed by atoms with E-state index in [0.717, 1.165) is 11.1 Å². The Kier molecular flexibility index (Phi) is 3.72. The number of ether oxygens (including phenoxy) is 1. The number of halogens is 1. The van der Waals surface area contributed by atoms with Crippen LogP contribution in [-0.2, 0) is 11.4 Å². The molecule has 92 valence electrons. The van der Waals surface area contributed by atoms with E-state index < -0.39 is 12.6 Å². The third-order valence-electron chi connectivity index (χ3n) is 2.80. The molecule has 0 aliphatic rings. The van der Waals surface area contributed by atoms with Gasteiger partial charge in [0, 0.05) is 5.56 Å². The number of benzene rings is 2. The maximum Gasteiger partial charge on any atom is 0.338 e. The SMILES string of the molecule is COC(=O)c1cccc(-c2ccccc2)c1CF. The lowest BCUT2D eigenvalue weighted by Gasteiger charge is -2.11. The van der Waals surface area contributed by atoms with Crippen molar-refractivity contribution in [1.29, 1.82) is 0 Å². The van der Waals surface area contributed by atoms with Crippen LogP contribution in [-0.4, -0.2) is 13.1 Å². The molecule has 0 aromatic heterocycles. The highest BCUT2D eigenvalue weighted by atomic mass is 19.1. The molecular formula is C15H13FO2. The van der Waals surface area contributed by atoms with E-state index in [9.17, 15) is 9.18 Å². The van der Waals surface area contributed by atoms with Gasteiger partial charge >= 0.3 is 5.97 Å². The monoisotopic (exact) mass is 244 g/mol. The van der Waals surface area contributed by atoms with Crippen LogP contribution in [0.1, 0.15) is 15.9 Å². The lowest BCUT2D eigenvalue weighted by molar-refractivity contribution is 0.0598. The molecule has 0 N–H and O–H groups in total. The lowest BCUT2D eigenvalue weighted by atomic mass is 9.96. The number of esters is 1. The predicted molar refractivity (Wildman–Crippen MR) is 68.0 cm³/mol. The number of carbonyl (C=O) groups excluding carboxylic acids is 1. The molecule has 2 rings (SSSR count). The molecule has 0 saturated carbocycles. The van der Waals surface area contributed by atoms with Crippen LogP contribution < -0.4 is 0 Å². The number of carbonyl (C=O) groups is 1. The van der Waals surface area contributed by atoms with Crippen molar-refractivity contribution in [2.45, 2.75) is 6.67 Å². The molecule has 3 heteroatoms. The molecule has 0 aliphatic carbocycles. The second kappa shape index (κ2) is 5.45. The van der Waals surface area contributed by atoms with Gasteiger partial charge < -0.3 is 4.74 Å². The fourth-order valence-electron chi connectivity index (χ4n) is 1.92. The van der Waals surface area contributed by atoms with E-state index in [1.54, 1.807) is 18.2 Å². The molecule has 0 atom stereocenters. The molecule has 0 fully saturated rings. The molecule has 0 heterocycles. The van der Waals surface area contributed by atoms with Crippen molar-refractivity contribution in [2.75, 3.05) is 7.11 Å². The van der Waals surface area contributed by atoms with E-state index >= 15 is 0 Å². The standard InChI is InChI=1S/C15H13FO2/c1-18-15(17)13-9-5-8-12(14(13)10-16)11-6-3-2-4-7-11/h2-9H,10H2,1H3. The van der Waals surface area contributed by atoms with E-state index in [1.807, 2.05) is 30.3 Å². The Balaban J connectivity index is 2.59. The smallest absolute Gasteiger partial charge is 0.338 e. The van der Waals surface area contributed by atoms with Crippen LogP contribution >= 0.6 is 0 Å². The molecule has 0 bridgehead atoms. The van der Waals surface area contributed by atoms with E-state index in [0.29, 0.717) is 5.56 Å². The minimum Gasteiger partial charge on any atom is -0.465 e. The summed E-state index contributed by atoms with van der Waals surface area (Å²) >= 11 is 0. The van der Waals surface area contributed by atoms with Crippen LogP contribution in [0.15, 0.2) is 48.5 Å². The Bertz CT molecular complexity index is 550. The number of hydrogen-bond acceptors (Lipinski definition) is 2. The zero-order valence-electron chi connectivity index (χ0n) is 10.0. The van der Waals surface area contributed by atoms with E-state index in [-0.39, 0.29) is 5.56 Å². The van der Waals surface area contributed by atoms with Crippen LogP contribution in [0.4, 0.5) is 4.39 Å². The van der Waals surface area contributed by atoms with Gasteiger partial charge in [-0.2, -0.15) is 0 Å². The molecule has 0 saturated heterocycles. The zero-order valence-corrected chi connectivity index (χ0v) is 10.0. The highest BCUT2D eigenvalue weighted by molar-refractivity contribution is 5.93. The Morgan fingerprint density at radius 3 is 2.44 bits per heavy atom. The first kappa shape index (κ1) is 12.3. The van der Waals surface area contributed by atoms with Crippen molar-refractivity contribution in [1.82, 2.24) is 0 Å². The van der Waals surface area contributed by atoms with Crippen LogP contribution in [0.3, 0.4) is 0 Å². The average Bonchev–Trinajstić information content (AvgIpc) is 2.46. The minimum absolute atomic E-state index is 0.279. The Hall–Kier alpha value is -2.16. The van der Waals surface area contributed by atoms with Gasteiger partial charge in [-0.3, -0.25) is 0 Å². The molecule has 0 radical (unpaired) electrons. The summed E-state index contributed by atoms with van der Waals surface area (Å²) in [6.07, 6.45) is 0. The summed E-state index contributed by atoms with van der Waals surface area (Å²) in [7, 11) is 1.29. The number of rotatable bonds is 3. The van der Waals surface area contributed by atoms with Gasteiger partial charge in [0.1, 0.15) is 6.67 Å². The van der Waals surface area contributed by atoms with Crippen LogP contribution in [0.2, 0.25) is 0 Å². The molecular weight excluding hydrogens is 231 g/mol. The molecule has 2 nitrogen and oxygen atoms in total. The fraction of sp³-hybridized carbons (Fsp3) is 0.133. The number of methoxy groups -OCH3 is 1. The second-order valence-corrected chi connectivity index (χ2v) is 3.82. The van der Waals surface area contributed by atoms with Gasteiger partial charge in [0.2, 0.25) is 0 Å².